The molecule has 0 N–H and O–H groups in total. The highest BCUT2D eigenvalue weighted by Gasteiger charge is 2.06. The van der Waals surface area contributed by atoms with E-state index in [1.54, 1.807) is 12.1 Å². The lowest BCUT2D eigenvalue weighted by Crippen LogP contribution is -2.00. The highest BCUT2D eigenvalue weighted by Crippen LogP contribution is 2.25. The second-order valence-corrected chi connectivity index (χ2v) is 6.45. The third kappa shape index (κ3) is 4.07. The highest BCUT2D eigenvalue weighted by atomic mass is 16.5. The minimum Gasteiger partial charge on any atom is -0.489 e. The first-order valence-electron chi connectivity index (χ1n) is 9.23. The van der Waals surface area contributed by atoms with Crippen LogP contribution in [0.1, 0.15) is 18.1 Å². The van der Waals surface area contributed by atoms with E-state index in [4.69, 9.17) is 13.9 Å². The molecule has 0 bridgehead atoms. The number of benzene rings is 3. The van der Waals surface area contributed by atoms with Crippen molar-refractivity contribution in [3.63, 3.8) is 0 Å². The van der Waals surface area contributed by atoms with Gasteiger partial charge in [0, 0.05) is 17.5 Å². The monoisotopic (exact) mass is 372 g/mol. The van der Waals surface area contributed by atoms with E-state index in [9.17, 15) is 4.79 Å². The van der Waals surface area contributed by atoms with Crippen molar-refractivity contribution < 1.29 is 13.9 Å². The van der Waals surface area contributed by atoms with Crippen LogP contribution in [-0.2, 0) is 13.0 Å². The Kier molecular flexibility index (Phi) is 5.11. The molecule has 4 heteroatoms. The number of fused-ring (bicyclic) bond motifs is 1. The molecule has 1 heterocycles. The molecule has 0 saturated heterocycles. The smallest absolute Gasteiger partial charge is 0.336 e. The maximum absolute atomic E-state index is 11.7. The van der Waals surface area contributed by atoms with E-state index in [-0.39, 0.29) is 5.63 Å². The molecule has 140 valence electrons. The van der Waals surface area contributed by atoms with Crippen LogP contribution in [0.4, 0.5) is 0 Å². The lowest BCUT2D eigenvalue weighted by molar-refractivity contribution is 0.305. The Hall–Kier alpha value is -3.53. The summed E-state index contributed by atoms with van der Waals surface area (Å²) in [5.74, 6) is 2.19. The van der Waals surface area contributed by atoms with Crippen molar-refractivity contribution in [1.29, 1.82) is 0 Å². The fraction of sp³-hybridized carbons (Fsp3) is 0.125. The number of hydrogen-bond donors (Lipinski definition) is 0. The van der Waals surface area contributed by atoms with Gasteiger partial charge in [-0.1, -0.05) is 37.3 Å². The minimum absolute atomic E-state index is 0.340. The molecule has 1 aromatic heterocycles. The van der Waals surface area contributed by atoms with Gasteiger partial charge in [-0.05, 0) is 53.9 Å². The molecule has 4 nitrogen and oxygen atoms in total. The zero-order valence-corrected chi connectivity index (χ0v) is 15.6. The molecule has 0 amide bonds. The van der Waals surface area contributed by atoms with E-state index in [1.807, 2.05) is 73.7 Å². The zero-order chi connectivity index (χ0) is 19.3. The molecule has 0 atom stereocenters. The number of aryl methyl sites for hydroxylation is 1. The van der Waals surface area contributed by atoms with Crippen molar-refractivity contribution >= 4 is 11.0 Å². The summed E-state index contributed by atoms with van der Waals surface area (Å²) in [6, 6.07) is 24.6. The molecule has 0 spiro atoms. The molecule has 0 aliphatic rings. The molecule has 4 aromatic rings. The molecule has 0 saturated carbocycles. The number of para-hydroxylation sites is 1. The maximum atomic E-state index is 11.7. The molecule has 0 aliphatic carbocycles. The van der Waals surface area contributed by atoms with Gasteiger partial charge in [0.05, 0.1) is 0 Å². The van der Waals surface area contributed by atoms with Crippen molar-refractivity contribution in [2.24, 2.45) is 0 Å². The van der Waals surface area contributed by atoms with Crippen molar-refractivity contribution in [3.8, 4) is 17.2 Å². The summed E-state index contributed by atoms with van der Waals surface area (Å²) in [5, 5.41) is 0.938. The molecule has 0 aliphatic heterocycles. The van der Waals surface area contributed by atoms with Crippen LogP contribution < -0.4 is 15.1 Å². The van der Waals surface area contributed by atoms with Gasteiger partial charge >= 0.3 is 5.63 Å². The standard InChI is InChI=1S/C24H20O4/c1-2-18-14-24(25)28-23-15-20(11-12-22(18)23)26-16-17-7-6-10-21(13-17)27-19-8-4-3-5-9-19/h3-15H,2,16H2,1H3. The summed E-state index contributed by atoms with van der Waals surface area (Å²) in [7, 11) is 0. The Bertz CT molecular complexity index is 1150. The Morgan fingerprint density at radius 2 is 1.64 bits per heavy atom. The van der Waals surface area contributed by atoms with Gasteiger partial charge in [0.25, 0.3) is 0 Å². The Labute approximate surface area is 163 Å². The second kappa shape index (κ2) is 8.01. The second-order valence-electron chi connectivity index (χ2n) is 6.45. The zero-order valence-electron chi connectivity index (χ0n) is 15.6. The summed E-state index contributed by atoms with van der Waals surface area (Å²) in [4.78, 5) is 11.7. The third-order valence-electron chi connectivity index (χ3n) is 4.47. The van der Waals surface area contributed by atoms with E-state index < -0.39 is 0 Å². The van der Waals surface area contributed by atoms with E-state index in [0.29, 0.717) is 17.9 Å². The average Bonchev–Trinajstić information content (AvgIpc) is 2.72. The molecule has 4 rings (SSSR count). The highest BCUT2D eigenvalue weighted by molar-refractivity contribution is 5.81. The lowest BCUT2D eigenvalue weighted by atomic mass is 10.1. The van der Waals surface area contributed by atoms with Crippen LogP contribution in [0, 0.1) is 0 Å². The predicted molar refractivity (Wildman–Crippen MR) is 109 cm³/mol. The van der Waals surface area contributed by atoms with Crippen molar-refractivity contribution in [2.45, 2.75) is 20.0 Å². The van der Waals surface area contributed by atoms with E-state index in [0.717, 1.165) is 34.4 Å². The first-order valence-corrected chi connectivity index (χ1v) is 9.23. The fourth-order valence-electron chi connectivity index (χ4n) is 3.08. The van der Waals surface area contributed by atoms with Crippen molar-refractivity contribution in [3.05, 3.63) is 100 Å². The molecule has 0 radical (unpaired) electrons. The summed E-state index contributed by atoms with van der Waals surface area (Å²) in [5.41, 5.74) is 2.16. The quantitative estimate of drug-likeness (QED) is 0.406. The van der Waals surface area contributed by atoms with Gasteiger partial charge in [0.1, 0.15) is 29.4 Å². The number of hydrogen-bond acceptors (Lipinski definition) is 4. The predicted octanol–water partition coefficient (Wildman–Crippen LogP) is 5.73. The lowest BCUT2D eigenvalue weighted by Gasteiger charge is -2.10. The van der Waals surface area contributed by atoms with Crippen LogP contribution in [0.25, 0.3) is 11.0 Å². The number of rotatable bonds is 6. The first kappa shape index (κ1) is 17.9. The Balaban J connectivity index is 1.50. The van der Waals surface area contributed by atoms with Gasteiger partial charge in [-0.25, -0.2) is 4.79 Å². The minimum atomic E-state index is -0.340. The van der Waals surface area contributed by atoms with E-state index in [2.05, 4.69) is 0 Å². The van der Waals surface area contributed by atoms with Gasteiger partial charge < -0.3 is 13.9 Å². The molecule has 0 unspecified atom stereocenters. The summed E-state index contributed by atoms with van der Waals surface area (Å²) < 4.78 is 17.1. The maximum Gasteiger partial charge on any atom is 0.336 e. The van der Waals surface area contributed by atoms with Crippen LogP contribution >= 0.6 is 0 Å². The molecular formula is C24H20O4. The topological polar surface area (TPSA) is 48.7 Å². The fourth-order valence-corrected chi connectivity index (χ4v) is 3.08. The Morgan fingerprint density at radius 1 is 0.821 bits per heavy atom. The molecule has 0 fully saturated rings. The molecule has 3 aromatic carbocycles. The van der Waals surface area contributed by atoms with Crippen LogP contribution in [0.15, 0.2) is 88.1 Å². The van der Waals surface area contributed by atoms with Crippen molar-refractivity contribution in [1.82, 2.24) is 0 Å². The van der Waals surface area contributed by atoms with Crippen molar-refractivity contribution in [2.75, 3.05) is 0 Å². The van der Waals surface area contributed by atoms with Gasteiger partial charge in [-0.15, -0.1) is 0 Å². The van der Waals surface area contributed by atoms with E-state index >= 15 is 0 Å². The average molecular weight is 372 g/mol. The normalized spacial score (nSPS) is 10.8. The first-order chi connectivity index (χ1) is 13.7. The SMILES string of the molecule is CCc1cc(=O)oc2cc(OCc3cccc(Oc4ccccc4)c3)ccc12. The van der Waals surface area contributed by atoms with Gasteiger partial charge in [0.2, 0.25) is 0 Å². The van der Waals surface area contributed by atoms with Crippen LogP contribution in [0.2, 0.25) is 0 Å². The summed E-state index contributed by atoms with van der Waals surface area (Å²) in [6.07, 6.45) is 0.774. The Morgan fingerprint density at radius 3 is 2.46 bits per heavy atom. The van der Waals surface area contributed by atoms with Crippen LogP contribution in [-0.4, -0.2) is 0 Å². The van der Waals surface area contributed by atoms with Gasteiger partial charge in [0.15, 0.2) is 0 Å². The van der Waals surface area contributed by atoms with Crippen LogP contribution in [0.5, 0.6) is 17.2 Å². The summed E-state index contributed by atoms with van der Waals surface area (Å²) in [6.45, 7) is 2.40. The summed E-state index contributed by atoms with van der Waals surface area (Å²) >= 11 is 0. The number of ether oxygens (including phenoxy) is 2. The van der Waals surface area contributed by atoms with Crippen LogP contribution in [0.3, 0.4) is 0 Å². The molecule has 28 heavy (non-hydrogen) atoms. The van der Waals surface area contributed by atoms with Gasteiger partial charge in [-0.2, -0.15) is 0 Å². The third-order valence-corrected chi connectivity index (χ3v) is 4.47. The largest absolute Gasteiger partial charge is 0.489 e. The van der Waals surface area contributed by atoms with Gasteiger partial charge in [-0.3, -0.25) is 0 Å². The molecular weight excluding hydrogens is 352 g/mol. The van der Waals surface area contributed by atoms with E-state index in [1.165, 1.54) is 0 Å².